The number of amides is 1. The fraction of sp³-hybridized carbons (Fsp3) is 0.167. The lowest BCUT2D eigenvalue weighted by Gasteiger charge is -2.23. The molecule has 1 aromatic heterocycles. The number of nitrogens with one attached hydrogen (secondary N) is 1. The lowest BCUT2D eigenvalue weighted by molar-refractivity contribution is -0.118. The lowest BCUT2D eigenvalue weighted by atomic mass is 10.1. The van der Waals surface area contributed by atoms with Crippen molar-refractivity contribution in [2.75, 3.05) is 14.2 Å². The van der Waals surface area contributed by atoms with E-state index in [9.17, 15) is 13.2 Å². The molecule has 0 unspecified atom stereocenters. The van der Waals surface area contributed by atoms with Gasteiger partial charge >= 0.3 is 10.2 Å². The van der Waals surface area contributed by atoms with Crippen LogP contribution in [-0.2, 0) is 21.5 Å². The van der Waals surface area contributed by atoms with Crippen LogP contribution in [0.3, 0.4) is 0 Å². The summed E-state index contributed by atoms with van der Waals surface area (Å²) in [4.78, 5) is 16.5. The first-order valence-corrected chi connectivity index (χ1v) is 9.42. The molecular formula is C18H18N4O4S. The van der Waals surface area contributed by atoms with Crippen molar-refractivity contribution in [2.45, 2.75) is 6.54 Å². The van der Waals surface area contributed by atoms with E-state index < -0.39 is 16.1 Å². The average molecular weight is 386 g/mol. The third-order valence-corrected chi connectivity index (χ3v) is 5.28. The van der Waals surface area contributed by atoms with Crippen LogP contribution >= 0.6 is 0 Å². The number of carbonyl (C=O) groups excluding carboxylic acids is 1. The summed E-state index contributed by atoms with van der Waals surface area (Å²) in [6.45, 7) is 0.229. The van der Waals surface area contributed by atoms with E-state index in [2.05, 4.69) is 14.7 Å². The number of pyridine rings is 1. The molecule has 1 amide bonds. The number of nitrogens with zero attached hydrogens (tertiary/aromatic N) is 3. The number of rotatable bonds is 5. The monoisotopic (exact) mass is 386 g/mol. The van der Waals surface area contributed by atoms with Gasteiger partial charge in [0.1, 0.15) is 11.4 Å². The molecule has 8 nitrogen and oxygen atoms in total. The summed E-state index contributed by atoms with van der Waals surface area (Å²) in [6, 6.07) is 10.3. The van der Waals surface area contributed by atoms with Crippen molar-refractivity contribution in [2.24, 2.45) is 4.40 Å². The highest BCUT2D eigenvalue weighted by Gasteiger charge is 2.29. The van der Waals surface area contributed by atoms with Gasteiger partial charge in [0.25, 0.3) is 5.91 Å². The predicted octanol–water partition coefficient (Wildman–Crippen LogP) is 1.27. The SMILES string of the molecule is COc1ccc(C2=NS(=O)(=O)N(C)C(C(=O)NCc3cccnc3)=C2)cc1. The first-order chi connectivity index (χ1) is 12.9. The molecule has 140 valence electrons. The second-order valence-electron chi connectivity index (χ2n) is 5.72. The number of likely N-dealkylation sites (N-methyl/N-ethyl adjacent to an activating group) is 1. The Morgan fingerprint density at radius 3 is 2.59 bits per heavy atom. The van der Waals surface area contributed by atoms with Crippen LogP contribution in [0.5, 0.6) is 5.75 Å². The number of ether oxygens (including phenoxy) is 1. The Balaban J connectivity index is 1.87. The fourth-order valence-electron chi connectivity index (χ4n) is 2.44. The zero-order chi connectivity index (χ0) is 19.4. The number of allylic oxidation sites excluding steroid dienone is 1. The predicted molar refractivity (Wildman–Crippen MR) is 100 cm³/mol. The zero-order valence-corrected chi connectivity index (χ0v) is 15.6. The Morgan fingerprint density at radius 1 is 1.22 bits per heavy atom. The van der Waals surface area contributed by atoms with Crippen molar-refractivity contribution < 1.29 is 17.9 Å². The van der Waals surface area contributed by atoms with E-state index in [-0.39, 0.29) is 18.0 Å². The first-order valence-electron chi connectivity index (χ1n) is 8.03. The highest BCUT2D eigenvalue weighted by molar-refractivity contribution is 7.88. The quantitative estimate of drug-likeness (QED) is 0.834. The molecule has 1 aliphatic heterocycles. The number of hydrogen-bond acceptors (Lipinski definition) is 5. The van der Waals surface area contributed by atoms with Crippen LogP contribution in [0.2, 0.25) is 0 Å². The molecule has 2 aromatic rings. The van der Waals surface area contributed by atoms with Crippen LogP contribution in [0.15, 0.2) is 65.0 Å². The summed E-state index contributed by atoms with van der Waals surface area (Å²) in [5, 5.41) is 2.70. The fourth-order valence-corrected chi connectivity index (χ4v) is 3.35. The van der Waals surface area contributed by atoms with E-state index in [0.29, 0.717) is 11.3 Å². The highest BCUT2D eigenvalue weighted by atomic mass is 32.2. The molecule has 9 heteroatoms. The normalized spacial score (nSPS) is 15.6. The van der Waals surface area contributed by atoms with Crippen LogP contribution in [0.25, 0.3) is 0 Å². The zero-order valence-electron chi connectivity index (χ0n) is 14.8. The number of methoxy groups -OCH3 is 1. The maximum atomic E-state index is 12.6. The Hall–Kier alpha value is -3.20. The van der Waals surface area contributed by atoms with Gasteiger partial charge in [0.05, 0.1) is 12.8 Å². The maximum absolute atomic E-state index is 12.6. The van der Waals surface area contributed by atoms with E-state index in [4.69, 9.17) is 4.74 Å². The Morgan fingerprint density at radius 2 is 1.96 bits per heavy atom. The summed E-state index contributed by atoms with van der Waals surface area (Å²) in [5.41, 5.74) is 1.53. The molecule has 0 saturated carbocycles. The third-order valence-electron chi connectivity index (χ3n) is 3.97. The molecule has 0 aliphatic carbocycles. The first kappa shape index (κ1) is 18.6. The molecule has 0 fully saturated rings. The third kappa shape index (κ3) is 4.14. The van der Waals surface area contributed by atoms with Crippen molar-refractivity contribution in [1.82, 2.24) is 14.6 Å². The molecule has 0 spiro atoms. The average Bonchev–Trinajstić information content (AvgIpc) is 2.69. The maximum Gasteiger partial charge on any atom is 0.345 e. The van der Waals surface area contributed by atoms with Crippen molar-refractivity contribution in [3.8, 4) is 5.75 Å². The van der Waals surface area contributed by atoms with Gasteiger partial charge in [-0.3, -0.25) is 9.78 Å². The molecule has 0 atom stereocenters. The van der Waals surface area contributed by atoms with Crippen LogP contribution < -0.4 is 10.1 Å². The summed E-state index contributed by atoms with van der Waals surface area (Å²) >= 11 is 0. The smallest absolute Gasteiger partial charge is 0.345 e. The van der Waals surface area contributed by atoms with Crippen LogP contribution in [0, 0.1) is 0 Å². The molecule has 2 heterocycles. The number of benzene rings is 1. The van der Waals surface area contributed by atoms with Gasteiger partial charge < -0.3 is 10.1 Å². The van der Waals surface area contributed by atoms with Gasteiger partial charge in [-0.1, -0.05) is 6.07 Å². The van der Waals surface area contributed by atoms with Gasteiger partial charge in [0.2, 0.25) is 0 Å². The van der Waals surface area contributed by atoms with Crippen molar-refractivity contribution in [3.05, 3.63) is 71.7 Å². The standard InChI is InChI=1S/C18H18N4O4S/c1-22-17(18(23)20-12-13-4-3-9-19-11-13)10-16(21-27(22,24)25)14-5-7-15(26-2)8-6-14/h3-11H,12H2,1-2H3,(H,20,23). The largest absolute Gasteiger partial charge is 0.497 e. The van der Waals surface area contributed by atoms with E-state index >= 15 is 0 Å². The summed E-state index contributed by atoms with van der Waals surface area (Å²) in [5.74, 6) is 0.111. The minimum absolute atomic E-state index is 0.0142. The summed E-state index contributed by atoms with van der Waals surface area (Å²) in [7, 11) is -1.17. The topological polar surface area (TPSA) is 101 Å². The number of aromatic nitrogens is 1. The second kappa shape index (κ2) is 7.58. The van der Waals surface area contributed by atoms with Gasteiger partial charge in [0.15, 0.2) is 0 Å². The van der Waals surface area contributed by atoms with Crippen molar-refractivity contribution >= 4 is 21.8 Å². The van der Waals surface area contributed by atoms with Gasteiger partial charge in [-0.2, -0.15) is 8.42 Å². The van der Waals surface area contributed by atoms with Crippen LogP contribution in [-0.4, -0.2) is 43.5 Å². The minimum Gasteiger partial charge on any atom is -0.497 e. The number of hydrogen-bond donors (Lipinski definition) is 1. The van der Waals surface area contributed by atoms with Gasteiger partial charge in [-0.05, 0) is 42.0 Å². The van der Waals surface area contributed by atoms with E-state index in [1.165, 1.54) is 20.2 Å². The summed E-state index contributed by atoms with van der Waals surface area (Å²) in [6.07, 6.45) is 4.70. The molecule has 0 bridgehead atoms. The molecular weight excluding hydrogens is 368 g/mol. The Bertz CT molecular complexity index is 999. The van der Waals surface area contributed by atoms with E-state index in [0.717, 1.165) is 9.87 Å². The van der Waals surface area contributed by atoms with Crippen LogP contribution in [0.4, 0.5) is 0 Å². The minimum atomic E-state index is -4.00. The molecule has 3 rings (SSSR count). The number of carbonyl (C=O) groups is 1. The Labute approximate surface area is 157 Å². The Kier molecular flexibility index (Phi) is 5.22. The second-order valence-corrected chi connectivity index (χ2v) is 7.35. The van der Waals surface area contributed by atoms with E-state index in [1.807, 2.05) is 6.07 Å². The highest BCUT2D eigenvalue weighted by Crippen LogP contribution is 2.21. The lowest BCUT2D eigenvalue weighted by Crippen LogP contribution is -2.38. The van der Waals surface area contributed by atoms with Crippen LogP contribution in [0.1, 0.15) is 11.1 Å². The van der Waals surface area contributed by atoms with Gasteiger partial charge in [-0.15, -0.1) is 4.40 Å². The van der Waals surface area contributed by atoms with Crippen molar-refractivity contribution in [1.29, 1.82) is 0 Å². The molecule has 1 aliphatic rings. The van der Waals surface area contributed by atoms with E-state index in [1.54, 1.807) is 42.7 Å². The molecule has 27 heavy (non-hydrogen) atoms. The molecule has 1 N–H and O–H groups in total. The summed E-state index contributed by atoms with van der Waals surface area (Å²) < 4.78 is 34.5. The van der Waals surface area contributed by atoms with Crippen molar-refractivity contribution in [3.63, 3.8) is 0 Å². The molecule has 0 radical (unpaired) electrons. The van der Waals surface area contributed by atoms with Gasteiger partial charge in [0, 0.05) is 31.5 Å². The molecule has 1 aromatic carbocycles. The molecule has 0 saturated heterocycles. The van der Waals surface area contributed by atoms with Gasteiger partial charge in [-0.25, -0.2) is 4.31 Å².